The quantitative estimate of drug-likeness (QED) is 0.733. The summed E-state index contributed by atoms with van der Waals surface area (Å²) in [5, 5.41) is 21.5. The number of aromatic hydroxyl groups is 1. The SMILES string of the molecule is O=C(O)[C@@H]1CSC(c2cc(Br)c(O)c(Br)c2)N1. The number of aliphatic carboxylic acids is 1. The number of hydrogen-bond donors (Lipinski definition) is 3. The molecule has 1 saturated heterocycles. The van der Waals surface area contributed by atoms with E-state index in [1.165, 1.54) is 11.8 Å². The Morgan fingerprint density at radius 3 is 2.47 bits per heavy atom. The van der Waals surface area contributed by atoms with Gasteiger partial charge in [-0.05, 0) is 49.6 Å². The predicted molar refractivity (Wildman–Crippen MR) is 73.3 cm³/mol. The number of benzene rings is 1. The van der Waals surface area contributed by atoms with E-state index in [-0.39, 0.29) is 11.1 Å². The lowest BCUT2D eigenvalue weighted by atomic mass is 10.2. The van der Waals surface area contributed by atoms with Crippen molar-refractivity contribution in [2.24, 2.45) is 0 Å². The van der Waals surface area contributed by atoms with Crippen LogP contribution in [0.25, 0.3) is 0 Å². The average Bonchev–Trinajstić information content (AvgIpc) is 2.74. The zero-order valence-electron chi connectivity index (χ0n) is 8.48. The van der Waals surface area contributed by atoms with Crippen LogP contribution in [0.2, 0.25) is 0 Å². The molecule has 0 aromatic heterocycles. The van der Waals surface area contributed by atoms with Crippen LogP contribution in [-0.4, -0.2) is 28.0 Å². The largest absolute Gasteiger partial charge is 0.506 e. The number of phenolic OH excluding ortho intramolecular Hbond substituents is 1. The van der Waals surface area contributed by atoms with E-state index in [1.807, 2.05) is 0 Å². The topological polar surface area (TPSA) is 69.6 Å². The monoisotopic (exact) mass is 381 g/mol. The van der Waals surface area contributed by atoms with Crippen LogP contribution in [0.15, 0.2) is 21.1 Å². The fourth-order valence-electron chi connectivity index (χ4n) is 1.54. The molecular formula is C10H9Br2NO3S. The van der Waals surface area contributed by atoms with E-state index in [0.29, 0.717) is 14.7 Å². The molecule has 2 rings (SSSR count). The van der Waals surface area contributed by atoms with Gasteiger partial charge in [0.05, 0.1) is 14.3 Å². The van der Waals surface area contributed by atoms with E-state index in [4.69, 9.17) is 5.11 Å². The zero-order chi connectivity index (χ0) is 12.6. The lowest BCUT2D eigenvalue weighted by Gasteiger charge is -2.13. The summed E-state index contributed by atoms with van der Waals surface area (Å²) in [5.74, 6) is -0.153. The molecule has 2 atom stereocenters. The van der Waals surface area contributed by atoms with Gasteiger partial charge in [0.15, 0.2) is 0 Å². The second kappa shape index (κ2) is 5.17. The molecule has 1 unspecified atom stereocenters. The van der Waals surface area contributed by atoms with Crippen LogP contribution >= 0.6 is 43.6 Å². The molecule has 0 saturated carbocycles. The van der Waals surface area contributed by atoms with Gasteiger partial charge in [-0.3, -0.25) is 10.1 Å². The Labute approximate surface area is 119 Å². The van der Waals surface area contributed by atoms with Crippen LogP contribution in [0.3, 0.4) is 0 Å². The van der Waals surface area contributed by atoms with Gasteiger partial charge in [0, 0.05) is 5.75 Å². The Morgan fingerprint density at radius 1 is 1.41 bits per heavy atom. The number of rotatable bonds is 2. The van der Waals surface area contributed by atoms with Crippen molar-refractivity contribution in [2.75, 3.05) is 5.75 Å². The predicted octanol–water partition coefficient (Wildman–Crippen LogP) is 2.71. The number of carbonyl (C=O) groups is 1. The third kappa shape index (κ3) is 2.78. The Kier molecular flexibility index (Phi) is 4.02. The zero-order valence-corrected chi connectivity index (χ0v) is 12.5. The molecule has 1 aromatic rings. The second-order valence-electron chi connectivity index (χ2n) is 3.60. The fraction of sp³-hybridized carbons (Fsp3) is 0.300. The summed E-state index contributed by atoms with van der Waals surface area (Å²) in [6.45, 7) is 0. The molecule has 1 heterocycles. The van der Waals surface area contributed by atoms with Crippen LogP contribution in [0, 0.1) is 0 Å². The minimum Gasteiger partial charge on any atom is -0.506 e. The van der Waals surface area contributed by atoms with Gasteiger partial charge in [-0.1, -0.05) is 0 Å². The Morgan fingerprint density at radius 2 is 2.00 bits per heavy atom. The van der Waals surface area contributed by atoms with Gasteiger partial charge in [-0.2, -0.15) is 0 Å². The standard InChI is InChI=1S/C10H9Br2NO3S/c11-5-1-4(2-6(12)8(5)14)9-13-7(3-17-9)10(15)16/h1-2,7,9,13-14H,3H2,(H,15,16)/t7-,9?/m0/s1. The molecule has 7 heteroatoms. The summed E-state index contributed by atoms with van der Waals surface area (Å²) in [5.41, 5.74) is 0.926. The van der Waals surface area contributed by atoms with Crippen LogP contribution in [0.1, 0.15) is 10.9 Å². The smallest absolute Gasteiger partial charge is 0.321 e. The number of nitrogens with one attached hydrogen (secondary N) is 1. The van der Waals surface area contributed by atoms with E-state index in [1.54, 1.807) is 12.1 Å². The summed E-state index contributed by atoms with van der Waals surface area (Å²) >= 11 is 8.05. The lowest BCUT2D eigenvalue weighted by Crippen LogP contribution is -2.33. The molecule has 3 N–H and O–H groups in total. The van der Waals surface area contributed by atoms with Gasteiger partial charge in [0.2, 0.25) is 0 Å². The highest BCUT2D eigenvalue weighted by atomic mass is 79.9. The first-order chi connectivity index (χ1) is 7.99. The van der Waals surface area contributed by atoms with Crippen LogP contribution in [0.4, 0.5) is 0 Å². The van der Waals surface area contributed by atoms with Crippen molar-refractivity contribution < 1.29 is 15.0 Å². The normalized spacial score (nSPS) is 23.9. The number of thioether (sulfide) groups is 1. The highest BCUT2D eigenvalue weighted by molar-refractivity contribution is 9.11. The summed E-state index contributed by atoms with van der Waals surface area (Å²) in [4.78, 5) is 10.8. The van der Waals surface area contributed by atoms with E-state index in [0.717, 1.165) is 5.56 Å². The minimum absolute atomic E-state index is 0.0655. The molecule has 17 heavy (non-hydrogen) atoms. The summed E-state index contributed by atoms with van der Waals surface area (Å²) in [6, 6.07) is 3.06. The third-order valence-electron chi connectivity index (χ3n) is 2.42. The van der Waals surface area contributed by atoms with E-state index < -0.39 is 12.0 Å². The molecule has 4 nitrogen and oxygen atoms in total. The molecule has 1 aliphatic heterocycles. The maximum absolute atomic E-state index is 10.8. The molecule has 92 valence electrons. The fourth-order valence-corrected chi connectivity index (χ4v) is 3.98. The Hall–Kier alpha value is -0.240. The van der Waals surface area contributed by atoms with Gasteiger partial charge < -0.3 is 10.2 Å². The van der Waals surface area contributed by atoms with Gasteiger partial charge >= 0.3 is 5.97 Å². The summed E-state index contributed by atoms with van der Waals surface area (Å²) in [7, 11) is 0. The first-order valence-corrected chi connectivity index (χ1v) is 7.41. The first-order valence-electron chi connectivity index (χ1n) is 4.77. The summed E-state index contributed by atoms with van der Waals surface area (Å²) < 4.78 is 1.17. The maximum Gasteiger partial charge on any atom is 0.321 e. The molecule has 1 aliphatic rings. The minimum atomic E-state index is -0.836. The molecule has 0 radical (unpaired) electrons. The maximum atomic E-state index is 10.8. The molecular weight excluding hydrogens is 374 g/mol. The Bertz CT molecular complexity index is 446. The molecule has 0 aliphatic carbocycles. The van der Waals surface area contributed by atoms with Crippen LogP contribution in [0.5, 0.6) is 5.75 Å². The van der Waals surface area contributed by atoms with Crippen molar-refractivity contribution in [2.45, 2.75) is 11.4 Å². The van der Waals surface area contributed by atoms with E-state index >= 15 is 0 Å². The van der Waals surface area contributed by atoms with Gasteiger partial charge in [-0.25, -0.2) is 0 Å². The van der Waals surface area contributed by atoms with Crippen molar-refractivity contribution in [3.05, 3.63) is 26.6 Å². The summed E-state index contributed by atoms with van der Waals surface area (Å²) in [6.07, 6.45) is 0. The lowest BCUT2D eigenvalue weighted by molar-refractivity contribution is -0.138. The highest BCUT2D eigenvalue weighted by Gasteiger charge is 2.30. The number of carboxylic acid groups (broad SMARTS) is 1. The van der Waals surface area contributed by atoms with Crippen molar-refractivity contribution in [3.8, 4) is 5.75 Å². The number of hydrogen-bond acceptors (Lipinski definition) is 4. The van der Waals surface area contributed by atoms with Crippen LogP contribution < -0.4 is 5.32 Å². The van der Waals surface area contributed by atoms with Crippen molar-refractivity contribution >= 4 is 49.6 Å². The molecule has 1 aromatic carbocycles. The Balaban J connectivity index is 2.22. The van der Waals surface area contributed by atoms with Gasteiger partial charge in [0.1, 0.15) is 11.8 Å². The van der Waals surface area contributed by atoms with Crippen LogP contribution in [-0.2, 0) is 4.79 Å². The van der Waals surface area contributed by atoms with E-state index in [9.17, 15) is 9.90 Å². The number of phenols is 1. The third-order valence-corrected chi connectivity index (χ3v) is 4.90. The average molecular weight is 383 g/mol. The number of halogens is 2. The van der Waals surface area contributed by atoms with E-state index in [2.05, 4.69) is 37.2 Å². The van der Waals surface area contributed by atoms with Gasteiger partial charge in [-0.15, -0.1) is 11.8 Å². The second-order valence-corrected chi connectivity index (χ2v) is 6.45. The van der Waals surface area contributed by atoms with Crippen molar-refractivity contribution in [1.29, 1.82) is 0 Å². The van der Waals surface area contributed by atoms with Gasteiger partial charge in [0.25, 0.3) is 0 Å². The molecule has 0 spiro atoms. The highest BCUT2D eigenvalue weighted by Crippen LogP contribution is 2.39. The molecule has 0 bridgehead atoms. The molecule has 0 amide bonds. The first kappa shape index (κ1) is 13.2. The molecule has 1 fully saturated rings. The number of carboxylic acids is 1. The van der Waals surface area contributed by atoms with Crippen molar-refractivity contribution in [1.82, 2.24) is 5.32 Å². The van der Waals surface area contributed by atoms with Crippen molar-refractivity contribution in [3.63, 3.8) is 0 Å².